The number of rotatable bonds is 4. The SMILES string of the molecule is CC(=O)CC(=O)Cc1ccc(C)c(C)c1. The van der Waals surface area contributed by atoms with Gasteiger partial charge < -0.3 is 0 Å². The molecule has 0 amide bonds. The molecule has 80 valence electrons. The molecule has 0 bridgehead atoms. The van der Waals surface area contributed by atoms with Crippen molar-refractivity contribution in [3.05, 3.63) is 34.9 Å². The molecule has 1 aromatic rings. The van der Waals surface area contributed by atoms with E-state index in [0.717, 1.165) is 5.56 Å². The first-order valence-electron chi connectivity index (χ1n) is 5.06. The Morgan fingerprint density at radius 2 is 1.80 bits per heavy atom. The molecule has 0 aliphatic carbocycles. The Bertz CT molecular complexity index is 392. The quantitative estimate of drug-likeness (QED) is 0.706. The Kier molecular flexibility index (Phi) is 3.78. The zero-order chi connectivity index (χ0) is 11.4. The Hall–Kier alpha value is -1.44. The number of benzene rings is 1. The van der Waals surface area contributed by atoms with Crippen molar-refractivity contribution >= 4 is 11.6 Å². The van der Waals surface area contributed by atoms with Gasteiger partial charge in [-0.1, -0.05) is 18.2 Å². The molecule has 0 saturated carbocycles. The minimum Gasteiger partial charge on any atom is -0.300 e. The fourth-order valence-corrected chi connectivity index (χ4v) is 1.48. The van der Waals surface area contributed by atoms with E-state index in [1.165, 1.54) is 18.1 Å². The third-order valence-corrected chi connectivity index (χ3v) is 2.42. The molecule has 0 radical (unpaired) electrons. The van der Waals surface area contributed by atoms with Crippen molar-refractivity contribution in [1.82, 2.24) is 0 Å². The number of aryl methyl sites for hydroxylation is 2. The second-order valence-electron chi connectivity index (χ2n) is 4.01. The van der Waals surface area contributed by atoms with Crippen molar-refractivity contribution in [2.75, 3.05) is 0 Å². The number of hydrogen-bond acceptors (Lipinski definition) is 2. The third-order valence-electron chi connectivity index (χ3n) is 2.42. The van der Waals surface area contributed by atoms with E-state index in [1.54, 1.807) is 0 Å². The molecule has 0 spiro atoms. The van der Waals surface area contributed by atoms with Crippen LogP contribution in [-0.4, -0.2) is 11.6 Å². The van der Waals surface area contributed by atoms with Crippen molar-refractivity contribution in [2.45, 2.75) is 33.6 Å². The van der Waals surface area contributed by atoms with Crippen LogP contribution < -0.4 is 0 Å². The highest BCUT2D eigenvalue weighted by atomic mass is 16.1. The van der Waals surface area contributed by atoms with Gasteiger partial charge in [0.2, 0.25) is 0 Å². The molecule has 15 heavy (non-hydrogen) atoms. The molecule has 0 aliphatic rings. The lowest BCUT2D eigenvalue weighted by atomic mass is 10.0. The van der Waals surface area contributed by atoms with Gasteiger partial charge in [0.15, 0.2) is 0 Å². The molecule has 0 atom stereocenters. The summed E-state index contributed by atoms with van der Waals surface area (Å²) < 4.78 is 0. The van der Waals surface area contributed by atoms with Crippen LogP contribution in [0.4, 0.5) is 0 Å². The van der Waals surface area contributed by atoms with Crippen molar-refractivity contribution in [1.29, 1.82) is 0 Å². The first-order valence-corrected chi connectivity index (χ1v) is 5.06. The molecular formula is C13H16O2. The number of Topliss-reactive ketones (excluding diaryl/α,β-unsaturated/α-hetero) is 2. The lowest BCUT2D eigenvalue weighted by Gasteiger charge is -2.03. The van der Waals surface area contributed by atoms with E-state index in [1.807, 2.05) is 32.0 Å². The highest BCUT2D eigenvalue weighted by molar-refractivity contribution is 5.98. The predicted octanol–water partition coefficient (Wildman–Crippen LogP) is 2.39. The molecule has 1 aromatic carbocycles. The Morgan fingerprint density at radius 3 is 2.33 bits per heavy atom. The highest BCUT2D eigenvalue weighted by Gasteiger charge is 2.07. The van der Waals surface area contributed by atoms with Crippen molar-refractivity contribution in [2.24, 2.45) is 0 Å². The van der Waals surface area contributed by atoms with Crippen molar-refractivity contribution in [3.8, 4) is 0 Å². The maximum Gasteiger partial charge on any atom is 0.144 e. The molecule has 1 rings (SSSR count). The molecule has 0 unspecified atom stereocenters. The summed E-state index contributed by atoms with van der Waals surface area (Å²) in [6.07, 6.45) is 0.410. The van der Waals surface area contributed by atoms with E-state index in [0.29, 0.717) is 6.42 Å². The first-order chi connectivity index (χ1) is 6.99. The number of carbonyl (C=O) groups is 2. The zero-order valence-corrected chi connectivity index (χ0v) is 9.46. The lowest BCUT2D eigenvalue weighted by Crippen LogP contribution is -2.07. The standard InChI is InChI=1S/C13H16O2/c1-9-4-5-12(6-10(9)2)8-13(15)7-11(3)14/h4-6H,7-8H2,1-3H3. The van der Waals surface area contributed by atoms with E-state index in [-0.39, 0.29) is 18.0 Å². The number of hydrogen-bond donors (Lipinski definition) is 0. The van der Waals surface area contributed by atoms with Crippen LogP contribution in [0.25, 0.3) is 0 Å². The van der Waals surface area contributed by atoms with E-state index < -0.39 is 0 Å². The summed E-state index contributed by atoms with van der Waals surface area (Å²) in [4.78, 5) is 22.1. The van der Waals surface area contributed by atoms with Gasteiger partial charge >= 0.3 is 0 Å². The molecule has 0 fully saturated rings. The summed E-state index contributed by atoms with van der Waals surface area (Å²) >= 11 is 0. The minimum atomic E-state index is -0.0659. The van der Waals surface area contributed by atoms with Gasteiger partial charge in [0.05, 0.1) is 6.42 Å². The Labute approximate surface area is 90.3 Å². The summed E-state index contributed by atoms with van der Waals surface area (Å²) in [6, 6.07) is 5.96. The van der Waals surface area contributed by atoms with E-state index in [2.05, 4.69) is 0 Å². The van der Waals surface area contributed by atoms with Crippen LogP contribution in [0.5, 0.6) is 0 Å². The normalized spacial score (nSPS) is 10.1. The molecule has 2 nitrogen and oxygen atoms in total. The lowest BCUT2D eigenvalue weighted by molar-refractivity contribution is -0.125. The summed E-state index contributed by atoms with van der Waals surface area (Å²) in [6.45, 7) is 5.50. The summed E-state index contributed by atoms with van der Waals surface area (Å²) in [5, 5.41) is 0. The van der Waals surface area contributed by atoms with E-state index in [4.69, 9.17) is 0 Å². The second kappa shape index (κ2) is 4.87. The van der Waals surface area contributed by atoms with Crippen molar-refractivity contribution in [3.63, 3.8) is 0 Å². The van der Waals surface area contributed by atoms with E-state index >= 15 is 0 Å². The first kappa shape index (κ1) is 11.6. The molecular weight excluding hydrogens is 188 g/mol. The predicted molar refractivity (Wildman–Crippen MR) is 59.9 cm³/mol. The van der Waals surface area contributed by atoms with Gasteiger partial charge in [0, 0.05) is 6.42 Å². The van der Waals surface area contributed by atoms with Gasteiger partial charge in [-0.2, -0.15) is 0 Å². The minimum absolute atomic E-state index is 0.00856. The largest absolute Gasteiger partial charge is 0.300 e. The van der Waals surface area contributed by atoms with Gasteiger partial charge in [-0.15, -0.1) is 0 Å². The van der Waals surface area contributed by atoms with Crippen LogP contribution in [0.1, 0.15) is 30.0 Å². The zero-order valence-electron chi connectivity index (χ0n) is 9.46. The van der Waals surface area contributed by atoms with Crippen LogP contribution in [0.3, 0.4) is 0 Å². The van der Waals surface area contributed by atoms with Gasteiger partial charge in [-0.3, -0.25) is 9.59 Å². The average molecular weight is 204 g/mol. The van der Waals surface area contributed by atoms with Crippen LogP contribution in [-0.2, 0) is 16.0 Å². The summed E-state index contributed by atoms with van der Waals surface area (Å²) in [7, 11) is 0. The van der Waals surface area contributed by atoms with Gasteiger partial charge in [-0.05, 0) is 37.5 Å². The Balaban J connectivity index is 2.69. The third kappa shape index (κ3) is 3.66. The number of carbonyl (C=O) groups excluding carboxylic acids is 2. The molecule has 0 aliphatic heterocycles. The van der Waals surface area contributed by atoms with Crippen molar-refractivity contribution < 1.29 is 9.59 Å². The van der Waals surface area contributed by atoms with Gasteiger partial charge in [0.1, 0.15) is 11.6 Å². The fourth-order valence-electron chi connectivity index (χ4n) is 1.48. The fraction of sp³-hybridized carbons (Fsp3) is 0.385. The molecule has 0 aromatic heterocycles. The van der Waals surface area contributed by atoms with Crippen LogP contribution in [0.2, 0.25) is 0 Å². The molecule has 0 saturated heterocycles. The van der Waals surface area contributed by atoms with Crippen LogP contribution >= 0.6 is 0 Å². The van der Waals surface area contributed by atoms with Gasteiger partial charge in [0.25, 0.3) is 0 Å². The monoisotopic (exact) mass is 204 g/mol. The molecule has 0 heterocycles. The van der Waals surface area contributed by atoms with Gasteiger partial charge in [-0.25, -0.2) is 0 Å². The molecule has 0 N–H and O–H groups in total. The summed E-state index contributed by atoms with van der Waals surface area (Å²) in [5.41, 5.74) is 3.39. The smallest absolute Gasteiger partial charge is 0.144 e. The van der Waals surface area contributed by atoms with Crippen LogP contribution in [0, 0.1) is 13.8 Å². The van der Waals surface area contributed by atoms with E-state index in [9.17, 15) is 9.59 Å². The maximum atomic E-state index is 11.4. The average Bonchev–Trinajstić information content (AvgIpc) is 2.10. The summed E-state index contributed by atoms with van der Waals surface area (Å²) in [5.74, 6) is -0.0745. The molecule has 2 heteroatoms. The Morgan fingerprint density at radius 1 is 1.13 bits per heavy atom. The maximum absolute atomic E-state index is 11.4. The second-order valence-corrected chi connectivity index (χ2v) is 4.01. The highest BCUT2D eigenvalue weighted by Crippen LogP contribution is 2.11. The topological polar surface area (TPSA) is 34.1 Å². The van der Waals surface area contributed by atoms with Crippen LogP contribution in [0.15, 0.2) is 18.2 Å². The number of ketones is 2.